The Morgan fingerprint density at radius 1 is 0.455 bits per heavy atom. The Bertz CT molecular complexity index is 211. The molecule has 0 spiro atoms. The van der Waals surface area contributed by atoms with Crippen LogP contribution in [0.2, 0.25) is 0 Å². The van der Waals surface area contributed by atoms with Crippen molar-refractivity contribution in [3.63, 3.8) is 0 Å². The molecule has 0 unspecified atom stereocenters. The summed E-state index contributed by atoms with van der Waals surface area (Å²) in [6, 6.07) is 0. The largest absolute Gasteiger partial charge is 0.190 e. The van der Waals surface area contributed by atoms with Gasteiger partial charge >= 0.3 is 0 Å². The van der Waals surface area contributed by atoms with Crippen molar-refractivity contribution in [2.75, 3.05) is 0 Å². The standard InChI is InChI=1S/C19H37Cl3/c1-2-3-4-5-6-7-8-9-10-11-12-13-14-15-16-17-18-19(20,21)22/h2-18H2,1H3. The highest BCUT2D eigenvalue weighted by molar-refractivity contribution is 6.67. The van der Waals surface area contributed by atoms with Crippen LogP contribution in [0.5, 0.6) is 0 Å². The van der Waals surface area contributed by atoms with E-state index in [9.17, 15) is 0 Å². The third-order valence-corrected chi connectivity index (χ3v) is 4.88. The van der Waals surface area contributed by atoms with E-state index < -0.39 is 3.79 Å². The van der Waals surface area contributed by atoms with Gasteiger partial charge in [-0.3, -0.25) is 0 Å². The molecule has 0 aromatic heterocycles. The molecule has 0 heterocycles. The highest BCUT2D eigenvalue weighted by Gasteiger charge is 2.17. The van der Waals surface area contributed by atoms with Crippen molar-refractivity contribution in [3.05, 3.63) is 0 Å². The lowest BCUT2D eigenvalue weighted by Crippen LogP contribution is -2.00. The molecule has 0 fully saturated rings. The number of hydrogen-bond donors (Lipinski definition) is 0. The average Bonchev–Trinajstić information content (AvgIpc) is 2.45. The molecule has 0 atom stereocenters. The molecule has 0 nitrogen and oxygen atoms in total. The monoisotopic (exact) mass is 370 g/mol. The Hall–Kier alpha value is 0.870. The van der Waals surface area contributed by atoms with E-state index in [1.54, 1.807) is 0 Å². The van der Waals surface area contributed by atoms with E-state index in [1.807, 2.05) is 0 Å². The molecule has 0 aromatic carbocycles. The summed E-state index contributed by atoms with van der Waals surface area (Å²) >= 11 is 17.2. The van der Waals surface area contributed by atoms with Crippen molar-refractivity contribution < 1.29 is 0 Å². The molecule has 0 bridgehead atoms. The maximum absolute atomic E-state index is 5.73. The fourth-order valence-electron chi connectivity index (χ4n) is 2.87. The van der Waals surface area contributed by atoms with Crippen molar-refractivity contribution in [1.82, 2.24) is 0 Å². The molecule has 3 heteroatoms. The maximum atomic E-state index is 5.73. The Morgan fingerprint density at radius 3 is 1.00 bits per heavy atom. The van der Waals surface area contributed by atoms with Gasteiger partial charge in [0.25, 0.3) is 0 Å². The van der Waals surface area contributed by atoms with E-state index in [4.69, 9.17) is 34.8 Å². The summed E-state index contributed by atoms with van der Waals surface area (Å²) in [7, 11) is 0. The molecule has 134 valence electrons. The summed E-state index contributed by atoms with van der Waals surface area (Å²) in [5.74, 6) is 0. The Balaban J connectivity index is 3.00. The Morgan fingerprint density at radius 2 is 0.727 bits per heavy atom. The molecule has 0 aliphatic heterocycles. The maximum Gasteiger partial charge on any atom is 0.190 e. The Labute approximate surface area is 154 Å². The van der Waals surface area contributed by atoms with Crippen LogP contribution >= 0.6 is 34.8 Å². The molecule has 0 saturated heterocycles. The van der Waals surface area contributed by atoms with E-state index in [1.165, 1.54) is 96.3 Å². The predicted molar refractivity (Wildman–Crippen MR) is 104 cm³/mol. The third-order valence-electron chi connectivity index (χ3n) is 4.31. The number of halogens is 3. The van der Waals surface area contributed by atoms with E-state index in [-0.39, 0.29) is 0 Å². The van der Waals surface area contributed by atoms with Crippen LogP contribution in [0.25, 0.3) is 0 Å². The van der Waals surface area contributed by atoms with Crippen LogP contribution in [-0.2, 0) is 0 Å². The second kappa shape index (κ2) is 16.7. The summed E-state index contributed by atoms with van der Waals surface area (Å²) < 4.78 is -1.05. The average molecular weight is 372 g/mol. The van der Waals surface area contributed by atoms with Gasteiger partial charge in [-0.15, -0.1) is 0 Å². The van der Waals surface area contributed by atoms with E-state index in [0.29, 0.717) is 6.42 Å². The first-order chi connectivity index (χ1) is 10.6. The zero-order valence-electron chi connectivity index (χ0n) is 14.7. The smallest absolute Gasteiger partial charge is 0.0837 e. The van der Waals surface area contributed by atoms with Crippen LogP contribution in [0.15, 0.2) is 0 Å². The topological polar surface area (TPSA) is 0 Å². The van der Waals surface area contributed by atoms with Crippen molar-refractivity contribution >= 4 is 34.8 Å². The number of hydrogen-bond acceptors (Lipinski definition) is 0. The third kappa shape index (κ3) is 20.9. The zero-order valence-corrected chi connectivity index (χ0v) is 16.9. The van der Waals surface area contributed by atoms with Crippen molar-refractivity contribution in [2.24, 2.45) is 0 Å². The molecule has 0 rings (SSSR count). The summed E-state index contributed by atoms with van der Waals surface area (Å²) in [4.78, 5) is 0. The lowest BCUT2D eigenvalue weighted by atomic mass is 10.0. The van der Waals surface area contributed by atoms with Crippen LogP contribution in [0.3, 0.4) is 0 Å². The molecule has 22 heavy (non-hydrogen) atoms. The van der Waals surface area contributed by atoms with Gasteiger partial charge in [-0.05, 0) is 12.8 Å². The summed E-state index contributed by atoms with van der Waals surface area (Å²) in [6.45, 7) is 2.28. The van der Waals surface area contributed by atoms with Gasteiger partial charge in [-0.2, -0.15) is 0 Å². The van der Waals surface area contributed by atoms with Crippen molar-refractivity contribution in [2.45, 2.75) is 120 Å². The fourth-order valence-corrected chi connectivity index (χ4v) is 3.27. The van der Waals surface area contributed by atoms with E-state index >= 15 is 0 Å². The summed E-state index contributed by atoms with van der Waals surface area (Å²) in [5.41, 5.74) is 0. The van der Waals surface area contributed by atoms with Crippen LogP contribution < -0.4 is 0 Å². The number of unbranched alkanes of at least 4 members (excludes halogenated alkanes) is 15. The molecule has 0 aliphatic rings. The van der Waals surface area contributed by atoms with Gasteiger partial charge in [0, 0.05) is 0 Å². The highest BCUT2D eigenvalue weighted by Crippen LogP contribution is 2.32. The summed E-state index contributed by atoms with van der Waals surface area (Å²) in [6.07, 6.45) is 22.7. The van der Waals surface area contributed by atoms with Crippen LogP contribution in [0, 0.1) is 0 Å². The Kier molecular flexibility index (Phi) is 17.4. The molecular formula is C19H37Cl3. The van der Waals surface area contributed by atoms with Crippen molar-refractivity contribution in [3.8, 4) is 0 Å². The minimum atomic E-state index is -1.05. The first kappa shape index (κ1) is 22.9. The molecule has 0 aliphatic carbocycles. The van der Waals surface area contributed by atoms with E-state index in [2.05, 4.69) is 6.92 Å². The lowest BCUT2D eigenvalue weighted by molar-refractivity contribution is 0.527. The summed E-state index contributed by atoms with van der Waals surface area (Å²) in [5, 5.41) is 0. The molecule has 0 N–H and O–H groups in total. The first-order valence-corrected chi connectivity index (χ1v) is 10.8. The quantitative estimate of drug-likeness (QED) is 0.187. The van der Waals surface area contributed by atoms with Crippen molar-refractivity contribution in [1.29, 1.82) is 0 Å². The van der Waals surface area contributed by atoms with Gasteiger partial charge in [0.1, 0.15) is 0 Å². The molecule has 0 saturated carbocycles. The zero-order chi connectivity index (χ0) is 16.5. The first-order valence-electron chi connectivity index (χ1n) is 9.63. The molecule has 0 amide bonds. The molecule has 0 aromatic rings. The molecule has 0 radical (unpaired) electrons. The van der Waals surface area contributed by atoms with Gasteiger partial charge in [0.15, 0.2) is 3.79 Å². The SMILES string of the molecule is CCCCCCCCCCCCCCCCCCC(Cl)(Cl)Cl. The molecular weight excluding hydrogens is 335 g/mol. The fraction of sp³-hybridized carbons (Fsp3) is 1.00. The highest BCUT2D eigenvalue weighted by atomic mass is 35.6. The normalized spacial score (nSPS) is 12.0. The van der Waals surface area contributed by atoms with Gasteiger partial charge in [0.05, 0.1) is 0 Å². The van der Waals surface area contributed by atoms with Crippen LogP contribution in [-0.4, -0.2) is 3.79 Å². The lowest BCUT2D eigenvalue weighted by Gasteiger charge is -2.09. The number of alkyl halides is 3. The second-order valence-corrected chi connectivity index (χ2v) is 9.18. The van der Waals surface area contributed by atoms with Gasteiger partial charge in [-0.25, -0.2) is 0 Å². The second-order valence-electron chi connectivity index (χ2n) is 6.67. The minimum absolute atomic E-state index is 0.691. The van der Waals surface area contributed by atoms with Gasteiger partial charge < -0.3 is 0 Å². The van der Waals surface area contributed by atoms with Gasteiger partial charge in [0.2, 0.25) is 0 Å². The van der Waals surface area contributed by atoms with Gasteiger partial charge in [-0.1, -0.05) is 138 Å². The van der Waals surface area contributed by atoms with E-state index in [0.717, 1.165) is 6.42 Å². The number of rotatable bonds is 16. The van der Waals surface area contributed by atoms with Crippen LogP contribution in [0.4, 0.5) is 0 Å². The predicted octanol–water partition coefficient (Wildman–Crippen LogP) is 9.01. The van der Waals surface area contributed by atoms with Crippen LogP contribution in [0.1, 0.15) is 116 Å². The minimum Gasteiger partial charge on any atom is -0.0837 e.